The summed E-state index contributed by atoms with van der Waals surface area (Å²) < 4.78 is 23.8. The molecule has 19 heavy (non-hydrogen) atoms. The maximum Gasteiger partial charge on any atom is 0.153 e. The van der Waals surface area contributed by atoms with Crippen molar-refractivity contribution < 1.29 is 13.5 Å². The predicted molar refractivity (Wildman–Crippen MR) is 76.9 cm³/mol. The second-order valence-electron chi connectivity index (χ2n) is 6.32. The van der Waals surface area contributed by atoms with Gasteiger partial charge in [0.15, 0.2) is 9.84 Å². The number of hydrogen-bond donors (Lipinski definition) is 1. The Morgan fingerprint density at radius 2 is 1.95 bits per heavy atom. The molecule has 0 aromatic rings. The Kier molecular flexibility index (Phi) is 4.90. The van der Waals surface area contributed by atoms with Crippen LogP contribution >= 0.6 is 0 Å². The molecule has 0 aromatic carbocycles. The summed E-state index contributed by atoms with van der Waals surface area (Å²) in [7, 11) is -2.95. The summed E-state index contributed by atoms with van der Waals surface area (Å²) in [5.74, 6) is 0.619. The van der Waals surface area contributed by atoms with Crippen LogP contribution in [0.25, 0.3) is 0 Å². The van der Waals surface area contributed by atoms with E-state index in [1.807, 2.05) is 0 Å². The fraction of sp³-hybridized carbons (Fsp3) is 1.00. The van der Waals surface area contributed by atoms with E-state index in [9.17, 15) is 13.5 Å². The van der Waals surface area contributed by atoms with Gasteiger partial charge in [-0.1, -0.05) is 6.42 Å². The van der Waals surface area contributed by atoms with Crippen LogP contribution in [0.1, 0.15) is 46.0 Å². The average Bonchev–Trinajstić information content (AvgIpc) is 2.94. The van der Waals surface area contributed by atoms with Gasteiger partial charge >= 0.3 is 0 Å². The SMILES string of the molecule is CC(C)S(=O)(=O)CCN1CCCC1C1CCCC1O. The maximum absolute atomic E-state index is 11.9. The third-order valence-corrected chi connectivity index (χ3v) is 7.01. The summed E-state index contributed by atoms with van der Waals surface area (Å²) >= 11 is 0. The summed E-state index contributed by atoms with van der Waals surface area (Å²) in [6.45, 7) is 5.12. The van der Waals surface area contributed by atoms with Crippen LogP contribution in [0.4, 0.5) is 0 Å². The van der Waals surface area contributed by atoms with E-state index < -0.39 is 9.84 Å². The number of rotatable bonds is 5. The van der Waals surface area contributed by atoms with Crippen LogP contribution in [-0.2, 0) is 9.84 Å². The van der Waals surface area contributed by atoms with Crippen LogP contribution < -0.4 is 0 Å². The van der Waals surface area contributed by atoms with E-state index in [1.54, 1.807) is 13.8 Å². The molecular weight excluding hydrogens is 262 g/mol. The Morgan fingerprint density at radius 1 is 1.21 bits per heavy atom. The van der Waals surface area contributed by atoms with Crippen molar-refractivity contribution in [2.24, 2.45) is 5.92 Å². The third kappa shape index (κ3) is 3.50. The average molecular weight is 289 g/mol. The van der Waals surface area contributed by atoms with Crippen molar-refractivity contribution in [3.05, 3.63) is 0 Å². The topological polar surface area (TPSA) is 57.6 Å². The van der Waals surface area contributed by atoms with Crippen LogP contribution in [0.15, 0.2) is 0 Å². The molecule has 1 saturated carbocycles. The van der Waals surface area contributed by atoms with Crippen molar-refractivity contribution in [2.75, 3.05) is 18.8 Å². The molecule has 0 bridgehead atoms. The zero-order valence-electron chi connectivity index (χ0n) is 12.1. The van der Waals surface area contributed by atoms with E-state index in [0.29, 0.717) is 18.5 Å². The molecule has 1 aliphatic carbocycles. The minimum Gasteiger partial charge on any atom is -0.393 e. The van der Waals surface area contributed by atoms with Crippen LogP contribution in [0, 0.1) is 5.92 Å². The Hall–Kier alpha value is -0.130. The van der Waals surface area contributed by atoms with E-state index in [4.69, 9.17) is 0 Å². The van der Waals surface area contributed by atoms with Gasteiger partial charge in [-0.15, -0.1) is 0 Å². The van der Waals surface area contributed by atoms with Crippen LogP contribution in [0.5, 0.6) is 0 Å². The van der Waals surface area contributed by atoms with Crippen molar-refractivity contribution in [3.8, 4) is 0 Å². The number of nitrogens with zero attached hydrogens (tertiary/aromatic N) is 1. The first-order chi connectivity index (χ1) is 8.92. The Bertz CT molecular complexity index is 393. The number of sulfone groups is 1. The highest BCUT2D eigenvalue weighted by Crippen LogP contribution is 2.35. The fourth-order valence-electron chi connectivity index (χ4n) is 3.51. The van der Waals surface area contributed by atoms with Crippen molar-refractivity contribution in [2.45, 2.75) is 63.3 Å². The molecule has 5 heteroatoms. The maximum atomic E-state index is 11.9. The van der Waals surface area contributed by atoms with Crippen molar-refractivity contribution in [1.82, 2.24) is 4.90 Å². The van der Waals surface area contributed by atoms with Gasteiger partial charge in [-0.05, 0) is 46.1 Å². The van der Waals surface area contributed by atoms with Gasteiger partial charge in [-0.3, -0.25) is 4.90 Å². The molecule has 1 N–H and O–H groups in total. The van der Waals surface area contributed by atoms with Gasteiger partial charge in [-0.2, -0.15) is 0 Å². The normalized spacial score (nSPS) is 33.4. The first kappa shape index (κ1) is 15.3. The molecule has 0 radical (unpaired) electrons. The molecule has 0 amide bonds. The summed E-state index contributed by atoms with van der Waals surface area (Å²) in [6.07, 6.45) is 5.20. The van der Waals surface area contributed by atoms with E-state index in [0.717, 1.165) is 38.6 Å². The van der Waals surface area contributed by atoms with Gasteiger partial charge in [0.1, 0.15) is 0 Å². The monoisotopic (exact) mass is 289 g/mol. The predicted octanol–water partition coefficient (Wildman–Crippen LogP) is 1.43. The molecule has 2 aliphatic rings. The first-order valence-corrected chi connectivity index (χ1v) is 9.27. The highest BCUT2D eigenvalue weighted by atomic mass is 32.2. The van der Waals surface area contributed by atoms with Crippen molar-refractivity contribution in [1.29, 1.82) is 0 Å². The molecular formula is C14H27NO3S. The number of likely N-dealkylation sites (tertiary alicyclic amines) is 1. The highest BCUT2D eigenvalue weighted by molar-refractivity contribution is 7.92. The third-order valence-electron chi connectivity index (χ3n) is 4.82. The largest absolute Gasteiger partial charge is 0.393 e. The van der Waals surface area contributed by atoms with E-state index >= 15 is 0 Å². The fourth-order valence-corrected chi connectivity index (χ4v) is 4.47. The van der Waals surface area contributed by atoms with Gasteiger partial charge < -0.3 is 5.11 Å². The zero-order chi connectivity index (χ0) is 14.0. The molecule has 1 heterocycles. The van der Waals surface area contributed by atoms with Crippen LogP contribution in [0.2, 0.25) is 0 Å². The molecule has 0 aromatic heterocycles. The van der Waals surface area contributed by atoms with Crippen molar-refractivity contribution >= 4 is 9.84 Å². The zero-order valence-corrected chi connectivity index (χ0v) is 12.9. The lowest BCUT2D eigenvalue weighted by atomic mass is 9.94. The minimum absolute atomic E-state index is 0.174. The summed E-state index contributed by atoms with van der Waals surface area (Å²) in [5, 5.41) is 9.75. The van der Waals surface area contributed by atoms with Gasteiger partial charge in [0.25, 0.3) is 0 Å². The molecule has 3 atom stereocenters. The molecule has 4 nitrogen and oxygen atoms in total. The van der Waals surface area contributed by atoms with Crippen LogP contribution in [-0.4, -0.2) is 54.7 Å². The molecule has 1 saturated heterocycles. The van der Waals surface area contributed by atoms with Gasteiger partial charge in [0.2, 0.25) is 0 Å². The molecule has 1 aliphatic heterocycles. The Morgan fingerprint density at radius 3 is 2.53 bits per heavy atom. The number of aliphatic hydroxyl groups excluding tert-OH is 1. The minimum atomic E-state index is -2.95. The molecule has 3 unspecified atom stereocenters. The summed E-state index contributed by atoms with van der Waals surface area (Å²) in [4.78, 5) is 2.30. The van der Waals surface area contributed by atoms with Crippen molar-refractivity contribution in [3.63, 3.8) is 0 Å². The smallest absolute Gasteiger partial charge is 0.153 e. The molecule has 112 valence electrons. The first-order valence-electron chi connectivity index (χ1n) is 7.55. The lowest BCUT2D eigenvalue weighted by molar-refractivity contribution is 0.0770. The second kappa shape index (κ2) is 6.10. The molecule has 0 spiro atoms. The standard InChI is InChI=1S/C14H27NO3S/c1-11(2)19(17,18)10-9-15-8-4-6-13(15)12-5-3-7-14(12)16/h11-14,16H,3-10H2,1-2H3. The van der Waals surface area contributed by atoms with Gasteiger partial charge in [0, 0.05) is 18.5 Å². The second-order valence-corrected chi connectivity index (χ2v) is 9.00. The Balaban J connectivity index is 1.92. The van der Waals surface area contributed by atoms with Gasteiger partial charge in [0.05, 0.1) is 17.1 Å². The van der Waals surface area contributed by atoms with Crippen LogP contribution in [0.3, 0.4) is 0 Å². The summed E-state index contributed by atoms with van der Waals surface area (Å²) in [6, 6.07) is 0.403. The van der Waals surface area contributed by atoms with E-state index in [1.165, 1.54) is 0 Å². The number of aliphatic hydroxyl groups is 1. The summed E-state index contributed by atoms with van der Waals surface area (Å²) in [5.41, 5.74) is 0. The van der Waals surface area contributed by atoms with E-state index in [-0.39, 0.29) is 17.1 Å². The quantitative estimate of drug-likeness (QED) is 0.832. The number of hydrogen-bond acceptors (Lipinski definition) is 4. The van der Waals surface area contributed by atoms with E-state index in [2.05, 4.69) is 4.90 Å². The molecule has 2 fully saturated rings. The lowest BCUT2D eigenvalue weighted by Crippen LogP contribution is -2.41. The Labute approximate surface area is 117 Å². The lowest BCUT2D eigenvalue weighted by Gasteiger charge is -2.31. The molecule has 2 rings (SSSR count). The van der Waals surface area contributed by atoms with Gasteiger partial charge in [-0.25, -0.2) is 8.42 Å². The highest BCUT2D eigenvalue weighted by Gasteiger charge is 2.38.